The first-order valence-corrected chi connectivity index (χ1v) is 8.30. The third-order valence-electron chi connectivity index (χ3n) is 3.65. The van der Waals surface area contributed by atoms with Gasteiger partial charge in [-0.1, -0.05) is 67.5 Å². The van der Waals surface area contributed by atoms with Crippen LogP contribution in [-0.2, 0) is 6.54 Å². The molecule has 1 N–H and O–H groups in total. The van der Waals surface area contributed by atoms with Crippen LogP contribution in [0.1, 0.15) is 81.7 Å². The molecule has 0 aliphatic rings. The van der Waals surface area contributed by atoms with Gasteiger partial charge in [0.25, 0.3) is 0 Å². The Morgan fingerprint density at radius 1 is 0.913 bits per heavy atom. The number of nitrogens with one attached hydrogen (secondary N) is 1. The zero-order chi connectivity index (χ0) is 18.0. The van der Waals surface area contributed by atoms with Crippen LogP contribution in [0.25, 0.3) is 0 Å². The van der Waals surface area contributed by atoms with Crippen LogP contribution in [0.5, 0.6) is 0 Å². The van der Waals surface area contributed by atoms with Crippen molar-refractivity contribution in [1.82, 2.24) is 5.32 Å². The van der Waals surface area contributed by atoms with Crippen molar-refractivity contribution in [2.45, 2.75) is 68.0 Å². The van der Waals surface area contributed by atoms with E-state index >= 15 is 0 Å². The highest BCUT2D eigenvalue weighted by Crippen LogP contribution is 2.29. The number of carbonyl (C=O) groups excluding carboxylic acids is 2. The molecule has 0 amide bonds. The van der Waals surface area contributed by atoms with Crippen molar-refractivity contribution < 1.29 is 9.59 Å². The maximum Gasteiger partial charge on any atom is 0.168 e. The van der Waals surface area contributed by atoms with E-state index in [2.05, 4.69) is 19.2 Å². The first-order valence-electron chi connectivity index (χ1n) is 8.30. The van der Waals surface area contributed by atoms with Crippen molar-refractivity contribution in [2.24, 2.45) is 10.8 Å². The summed E-state index contributed by atoms with van der Waals surface area (Å²) in [5, 5.41) is 3.35. The molecule has 0 spiro atoms. The summed E-state index contributed by atoms with van der Waals surface area (Å²) in [4.78, 5) is 25.6. The second-order valence-corrected chi connectivity index (χ2v) is 8.57. The van der Waals surface area contributed by atoms with Gasteiger partial charge in [-0.2, -0.15) is 0 Å². The summed E-state index contributed by atoms with van der Waals surface area (Å²) in [5.74, 6) is 0.0185. The molecule has 23 heavy (non-hydrogen) atoms. The average Bonchev–Trinajstić information content (AvgIpc) is 2.41. The molecule has 0 unspecified atom stereocenters. The maximum atomic E-state index is 12.8. The first kappa shape index (κ1) is 19.6. The van der Waals surface area contributed by atoms with E-state index in [1.165, 1.54) is 0 Å². The molecule has 0 saturated heterocycles. The summed E-state index contributed by atoms with van der Waals surface area (Å²) in [6.07, 6.45) is 0. The average molecular weight is 317 g/mol. The minimum absolute atomic E-state index is 0.00784. The van der Waals surface area contributed by atoms with Crippen molar-refractivity contribution in [2.75, 3.05) is 0 Å². The third-order valence-corrected chi connectivity index (χ3v) is 3.65. The fourth-order valence-electron chi connectivity index (χ4n) is 2.22. The van der Waals surface area contributed by atoms with Gasteiger partial charge in [0.15, 0.2) is 11.6 Å². The molecule has 0 heterocycles. The molecule has 0 saturated carbocycles. The van der Waals surface area contributed by atoms with Crippen LogP contribution in [0.15, 0.2) is 18.2 Å². The molecular weight excluding hydrogens is 286 g/mol. The molecule has 0 aliphatic carbocycles. The minimum Gasteiger partial charge on any atom is -0.310 e. The quantitative estimate of drug-likeness (QED) is 0.805. The number of benzene rings is 1. The zero-order valence-corrected chi connectivity index (χ0v) is 15.8. The summed E-state index contributed by atoms with van der Waals surface area (Å²) in [6.45, 7) is 16.2. The highest BCUT2D eigenvalue weighted by atomic mass is 16.1. The van der Waals surface area contributed by atoms with Crippen LogP contribution >= 0.6 is 0 Å². The number of hydrogen-bond donors (Lipinski definition) is 1. The number of carbonyl (C=O) groups is 2. The van der Waals surface area contributed by atoms with Gasteiger partial charge in [-0.25, -0.2) is 0 Å². The fourth-order valence-corrected chi connectivity index (χ4v) is 2.22. The number of Topliss-reactive ketones (excluding diaryl/α,β-unsaturated/α-hetero) is 2. The Hall–Kier alpha value is -1.48. The van der Waals surface area contributed by atoms with Gasteiger partial charge in [-0.15, -0.1) is 0 Å². The second kappa shape index (κ2) is 6.96. The van der Waals surface area contributed by atoms with Crippen molar-refractivity contribution >= 4 is 11.6 Å². The van der Waals surface area contributed by atoms with Crippen LogP contribution in [0.4, 0.5) is 0 Å². The molecule has 0 aliphatic heterocycles. The van der Waals surface area contributed by atoms with Gasteiger partial charge in [0, 0.05) is 34.5 Å². The zero-order valence-electron chi connectivity index (χ0n) is 15.8. The minimum atomic E-state index is -0.517. The highest BCUT2D eigenvalue weighted by Gasteiger charge is 2.31. The van der Waals surface area contributed by atoms with Crippen molar-refractivity contribution in [3.8, 4) is 0 Å². The fraction of sp³-hybridized carbons (Fsp3) is 0.600. The summed E-state index contributed by atoms with van der Waals surface area (Å²) < 4.78 is 0. The maximum absolute atomic E-state index is 12.8. The van der Waals surface area contributed by atoms with Crippen molar-refractivity contribution in [3.63, 3.8) is 0 Å². The van der Waals surface area contributed by atoms with Gasteiger partial charge < -0.3 is 5.32 Å². The van der Waals surface area contributed by atoms with Gasteiger partial charge >= 0.3 is 0 Å². The van der Waals surface area contributed by atoms with Crippen molar-refractivity contribution in [3.05, 3.63) is 34.9 Å². The predicted molar refractivity (Wildman–Crippen MR) is 96.0 cm³/mol. The smallest absolute Gasteiger partial charge is 0.168 e. The van der Waals surface area contributed by atoms with E-state index < -0.39 is 10.8 Å². The van der Waals surface area contributed by atoms with E-state index in [0.717, 1.165) is 5.56 Å². The molecule has 128 valence electrons. The van der Waals surface area contributed by atoms with E-state index in [1.54, 1.807) is 0 Å². The van der Waals surface area contributed by atoms with E-state index in [0.29, 0.717) is 23.7 Å². The van der Waals surface area contributed by atoms with Gasteiger partial charge in [0.2, 0.25) is 0 Å². The Kier molecular flexibility index (Phi) is 5.92. The molecule has 0 bridgehead atoms. The van der Waals surface area contributed by atoms with Gasteiger partial charge in [0.1, 0.15) is 0 Å². The number of rotatable bonds is 5. The van der Waals surface area contributed by atoms with Gasteiger partial charge in [-0.05, 0) is 11.6 Å². The highest BCUT2D eigenvalue weighted by molar-refractivity contribution is 6.12. The molecule has 1 aromatic carbocycles. The molecule has 0 aromatic heterocycles. The summed E-state index contributed by atoms with van der Waals surface area (Å²) in [6, 6.07) is 5.99. The molecular formula is C20H31NO2. The van der Waals surface area contributed by atoms with E-state index in [4.69, 9.17) is 0 Å². The van der Waals surface area contributed by atoms with Crippen molar-refractivity contribution in [1.29, 1.82) is 0 Å². The lowest BCUT2D eigenvalue weighted by molar-refractivity contribution is 0.0823. The lowest BCUT2D eigenvalue weighted by Gasteiger charge is -2.23. The van der Waals surface area contributed by atoms with E-state index in [9.17, 15) is 9.59 Å². The Morgan fingerprint density at radius 3 is 1.83 bits per heavy atom. The number of ketones is 2. The molecule has 0 fully saturated rings. The summed E-state index contributed by atoms with van der Waals surface area (Å²) in [7, 11) is 0. The Morgan fingerprint density at radius 2 is 1.39 bits per heavy atom. The van der Waals surface area contributed by atoms with E-state index in [-0.39, 0.29) is 11.6 Å². The second-order valence-electron chi connectivity index (χ2n) is 8.57. The molecule has 3 heteroatoms. The summed E-state index contributed by atoms with van der Waals surface area (Å²) >= 11 is 0. The standard InChI is InChI=1S/C20H31NO2/c1-13(2)21-12-14-9-10-15(17(22)19(3,4)5)16(11-14)18(23)20(6,7)8/h9-11,13,21H,12H2,1-8H3. The lowest BCUT2D eigenvalue weighted by Crippen LogP contribution is -2.28. The normalized spacial score (nSPS) is 12.6. The lowest BCUT2D eigenvalue weighted by atomic mass is 9.79. The number of hydrogen-bond acceptors (Lipinski definition) is 3. The Balaban J connectivity index is 3.35. The Labute approximate surface area is 140 Å². The monoisotopic (exact) mass is 317 g/mol. The van der Waals surface area contributed by atoms with Gasteiger partial charge in [-0.3, -0.25) is 9.59 Å². The first-order chi connectivity index (χ1) is 10.3. The summed E-state index contributed by atoms with van der Waals surface area (Å²) in [5.41, 5.74) is 1.07. The van der Waals surface area contributed by atoms with Crippen LogP contribution < -0.4 is 5.32 Å². The molecule has 1 aromatic rings. The van der Waals surface area contributed by atoms with Crippen LogP contribution in [-0.4, -0.2) is 17.6 Å². The Bertz CT molecular complexity index is 587. The van der Waals surface area contributed by atoms with Crippen LogP contribution in [0, 0.1) is 10.8 Å². The third kappa shape index (κ3) is 5.28. The molecule has 0 atom stereocenters. The SMILES string of the molecule is CC(C)NCc1ccc(C(=O)C(C)(C)C)c(C(=O)C(C)(C)C)c1. The van der Waals surface area contributed by atoms with Crippen LogP contribution in [0.2, 0.25) is 0 Å². The molecule has 0 radical (unpaired) electrons. The van der Waals surface area contributed by atoms with E-state index in [1.807, 2.05) is 59.7 Å². The topological polar surface area (TPSA) is 46.2 Å². The molecule has 1 rings (SSSR count). The largest absolute Gasteiger partial charge is 0.310 e. The predicted octanol–water partition coefficient (Wildman–Crippen LogP) is 4.64. The molecule has 3 nitrogen and oxygen atoms in total. The van der Waals surface area contributed by atoms with Gasteiger partial charge in [0.05, 0.1) is 0 Å². The van der Waals surface area contributed by atoms with Crippen LogP contribution in [0.3, 0.4) is 0 Å².